The van der Waals surface area contributed by atoms with E-state index in [1.807, 2.05) is 6.92 Å². The largest absolute Gasteiger partial charge is 0.390 e. The van der Waals surface area contributed by atoms with Crippen molar-refractivity contribution in [2.45, 2.75) is 20.3 Å². The minimum Gasteiger partial charge on any atom is -0.390 e. The Bertz CT molecular complexity index is 473. The molecule has 0 bridgehead atoms. The summed E-state index contributed by atoms with van der Waals surface area (Å²) >= 11 is 0. The van der Waals surface area contributed by atoms with Crippen LogP contribution in [0.1, 0.15) is 20.3 Å². The number of rotatable bonds is 8. The van der Waals surface area contributed by atoms with Gasteiger partial charge in [-0.1, -0.05) is 6.92 Å². The number of hydrogen-bond acceptors (Lipinski definition) is 5. The number of likely N-dealkylation sites (N-methyl/N-ethyl adjacent to an activating group) is 1. The van der Waals surface area contributed by atoms with Crippen molar-refractivity contribution in [1.29, 1.82) is 0 Å². The first-order valence-electron chi connectivity index (χ1n) is 6.72. The van der Waals surface area contributed by atoms with Gasteiger partial charge < -0.3 is 10.4 Å². The molecule has 1 atom stereocenters. The van der Waals surface area contributed by atoms with Crippen LogP contribution >= 0.6 is 12.4 Å². The molecular formula is C13H23ClN3O4+. The average Bonchev–Trinajstić information content (AvgIpc) is 2.44. The minimum atomic E-state index is -0.652. The van der Waals surface area contributed by atoms with Gasteiger partial charge in [-0.05, 0) is 19.4 Å². The van der Waals surface area contributed by atoms with Gasteiger partial charge in [-0.3, -0.25) is 10.1 Å². The van der Waals surface area contributed by atoms with Crippen LogP contribution in [0, 0.1) is 10.1 Å². The van der Waals surface area contributed by atoms with Crippen molar-refractivity contribution in [3.05, 3.63) is 28.3 Å². The van der Waals surface area contributed by atoms with E-state index >= 15 is 0 Å². The van der Waals surface area contributed by atoms with Crippen molar-refractivity contribution in [1.82, 2.24) is 4.65 Å². The molecule has 0 aliphatic rings. The zero-order chi connectivity index (χ0) is 15.2. The summed E-state index contributed by atoms with van der Waals surface area (Å²) in [5.74, 6) is 0. The van der Waals surface area contributed by atoms with Crippen LogP contribution in [-0.2, 0) is 0 Å². The second-order valence-corrected chi connectivity index (χ2v) is 4.57. The van der Waals surface area contributed by atoms with Crippen LogP contribution in [0.15, 0.2) is 18.2 Å². The van der Waals surface area contributed by atoms with Crippen LogP contribution in [0.25, 0.3) is 0 Å². The van der Waals surface area contributed by atoms with Crippen molar-refractivity contribution < 1.29 is 15.2 Å². The Morgan fingerprint density at radius 2 is 2.05 bits per heavy atom. The molecule has 21 heavy (non-hydrogen) atoms. The summed E-state index contributed by atoms with van der Waals surface area (Å²) in [7, 11) is 0. The number of nitro groups is 1. The molecule has 1 rings (SSSR count). The Kier molecular flexibility index (Phi) is 8.19. The van der Waals surface area contributed by atoms with E-state index < -0.39 is 9.57 Å². The van der Waals surface area contributed by atoms with Crippen molar-refractivity contribution in [3.8, 4) is 0 Å². The highest BCUT2D eigenvalue weighted by Crippen LogP contribution is 2.34. The molecule has 0 radical (unpaired) electrons. The molecule has 3 N–H and O–H groups in total. The third kappa shape index (κ3) is 4.82. The van der Waals surface area contributed by atoms with E-state index in [-0.39, 0.29) is 43.5 Å². The molecule has 1 aromatic rings. The molecule has 1 aromatic carbocycles. The van der Waals surface area contributed by atoms with E-state index in [1.165, 1.54) is 12.1 Å². The summed E-state index contributed by atoms with van der Waals surface area (Å²) in [6, 6.07) is 4.66. The highest BCUT2D eigenvalue weighted by Gasteiger charge is 2.34. The van der Waals surface area contributed by atoms with E-state index in [2.05, 4.69) is 5.32 Å². The van der Waals surface area contributed by atoms with Crippen LogP contribution in [0.3, 0.4) is 0 Å². The van der Waals surface area contributed by atoms with Crippen molar-refractivity contribution in [2.75, 3.05) is 31.6 Å². The summed E-state index contributed by atoms with van der Waals surface area (Å²) in [5.41, 5.74) is 0.687. The van der Waals surface area contributed by atoms with E-state index in [1.54, 1.807) is 13.0 Å². The second kappa shape index (κ2) is 8.78. The summed E-state index contributed by atoms with van der Waals surface area (Å²) in [6.07, 6.45) is 0.912. The summed E-state index contributed by atoms with van der Waals surface area (Å²) in [5, 5.41) is 33.8. The van der Waals surface area contributed by atoms with Crippen LogP contribution in [0.2, 0.25) is 0 Å². The Morgan fingerprint density at radius 1 is 1.38 bits per heavy atom. The predicted octanol–water partition coefficient (Wildman–Crippen LogP) is 2.55. The number of nitrogens with zero attached hydrogens (tertiary/aromatic N) is 2. The van der Waals surface area contributed by atoms with Gasteiger partial charge in [0.1, 0.15) is 13.1 Å². The molecule has 0 amide bonds. The lowest BCUT2D eigenvalue weighted by molar-refractivity contribution is -0.385. The maximum atomic E-state index is 11.2. The Morgan fingerprint density at radius 3 is 2.52 bits per heavy atom. The number of aliphatic hydroxyl groups is 1. The molecule has 0 saturated carbocycles. The Labute approximate surface area is 130 Å². The highest BCUT2D eigenvalue weighted by atomic mass is 35.5. The lowest BCUT2D eigenvalue weighted by atomic mass is 10.2. The number of benzene rings is 1. The fourth-order valence-corrected chi connectivity index (χ4v) is 2.02. The minimum absolute atomic E-state index is 0. The summed E-state index contributed by atoms with van der Waals surface area (Å²) < 4.78 is -0.652. The second-order valence-electron chi connectivity index (χ2n) is 4.57. The van der Waals surface area contributed by atoms with Crippen LogP contribution in [0.4, 0.5) is 17.1 Å². The predicted molar refractivity (Wildman–Crippen MR) is 85.2 cm³/mol. The van der Waals surface area contributed by atoms with E-state index in [4.69, 9.17) is 5.11 Å². The third-order valence-corrected chi connectivity index (χ3v) is 3.19. The van der Waals surface area contributed by atoms with E-state index in [0.717, 1.165) is 13.0 Å². The maximum Gasteiger partial charge on any atom is 0.334 e. The number of quaternary nitrogens is 1. The van der Waals surface area contributed by atoms with Gasteiger partial charge >= 0.3 is 5.69 Å². The quantitative estimate of drug-likeness (QED) is 0.388. The van der Waals surface area contributed by atoms with E-state index in [9.17, 15) is 15.3 Å². The molecule has 0 aliphatic carbocycles. The standard InChI is InChI=1S/C13H22N3O4.ClH/c1-3-7-14-11-5-6-13(12(10-11)15(18)19)16(20,4-2)8-9-17;/h5-6,10,14,17,20H,3-4,7-9H2,1-2H3;1H/q+1;. The number of nitro benzene ring substituents is 1. The Balaban J connectivity index is 0.00000400. The van der Waals surface area contributed by atoms with Crippen LogP contribution < -0.4 is 9.96 Å². The number of nitrogens with one attached hydrogen (secondary N) is 1. The normalized spacial score (nSPS) is 13.1. The molecule has 0 fully saturated rings. The topological polar surface area (TPSA) is 95.6 Å². The first kappa shape index (κ1) is 19.6. The fraction of sp³-hybridized carbons (Fsp3) is 0.538. The third-order valence-electron chi connectivity index (χ3n) is 3.19. The zero-order valence-electron chi connectivity index (χ0n) is 12.3. The molecule has 0 aliphatic heterocycles. The van der Waals surface area contributed by atoms with Gasteiger partial charge in [0, 0.05) is 24.4 Å². The van der Waals surface area contributed by atoms with Crippen molar-refractivity contribution >= 4 is 29.5 Å². The first-order chi connectivity index (χ1) is 9.48. The molecule has 0 saturated heterocycles. The monoisotopic (exact) mass is 320 g/mol. The number of aliphatic hydroxyl groups excluding tert-OH is 1. The van der Waals surface area contributed by atoms with Gasteiger partial charge in [-0.15, -0.1) is 17.1 Å². The number of halogens is 1. The SMILES string of the molecule is CCCNc1ccc([N+](O)(CC)CCO)c([N+](=O)[O-])c1.Cl. The molecule has 1 unspecified atom stereocenters. The highest BCUT2D eigenvalue weighted by molar-refractivity contribution is 5.85. The molecule has 120 valence electrons. The van der Waals surface area contributed by atoms with Crippen molar-refractivity contribution in [2.24, 2.45) is 0 Å². The van der Waals surface area contributed by atoms with Gasteiger partial charge in [0.05, 0.1) is 11.5 Å². The summed E-state index contributed by atoms with van der Waals surface area (Å²) in [4.78, 5) is 10.7. The molecular weight excluding hydrogens is 298 g/mol. The molecule has 0 heterocycles. The molecule has 0 aromatic heterocycles. The zero-order valence-corrected chi connectivity index (χ0v) is 13.1. The smallest absolute Gasteiger partial charge is 0.334 e. The van der Waals surface area contributed by atoms with Gasteiger partial charge in [0.2, 0.25) is 5.69 Å². The van der Waals surface area contributed by atoms with Gasteiger partial charge in [0.15, 0.2) is 0 Å². The van der Waals surface area contributed by atoms with Crippen LogP contribution in [0.5, 0.6) is 0 Å². The summed E-state index contributed by atoms with van der Waals surface area (Å²) in [6.45, 7) is 4.44. The lowest BCUT2D eigenvalue weighted by Gasteiger charge is -2.27. The number of hydrogen-bond donors (Lipinski definition) is 3. The van der Waals surface area contributed by atoms with Gasteiger partial charge in [0.25, 0.3) is 0 Å². The van der Waals surface area contributed by atoms with Crippen molar-refractivity contribution in [3.63, 3.8) is 0 Å². The maximum absolute atomic E-state index is 11.2. The van der Waals surface area contributed by atoms with E-state index in [0.29, 0.717) is 5.69 Å². The average molecular weight is 321 g/mol. The van der Waals surface area contributed by atoms with Crippen LogP contribution in [-0.4, -0.2) is 41.5 Å². The molecule has 7 nitrogen and oxygen atoms in total. The number of hydroxylamine groups is 2. The lowest BCUT2D eigenvalue weighted by Crippen LogP contribution is -2.48. The first-order valence-corrected chi connectivity index (χ1v) is 6.72. The number of anilines is 1. The van der Waals surface area contributed by atoms with Gasteiger partial charge in [-0.25, -0.2) is 5.21 Å². The van der Waals surface area contributed by atoms with Gasteiger partial charge in [-0.2, -0.15) is 0 Å². The molecule has 0 spiro atoms. The molecule has 8 heteroatoms. The fourth-order valence-electron chi connectivity index (χ4n) is 2.02. The Hall–Kier alpha value is -1.41.